The van der Waals surface area contributed by atoms with Crippen molar-refractivity contribution >= 4 is 17.4 Å². The number of nitrogens with zero attached hydrogens (tertiary/aromatic N) is 3. The number of hydrogen-bond acceptors (Lipinski definition) is 6. The molecule has 3 aromatic rings. The van der Waals surface area contributed by atoms with Crippen molar-refractivity contribution in [2.24, 2.45) is 5.10 Å². The number of hydrogen-bond donors (Lipinski definition) is 1. The smallest absolute Gasteiger partial charge is 0.251 e. The first kappa shape index (κ1) is 24.3. The summed E-state index contributed by atoms with van der Waals surface area (Å²) in [5.74, 6) is -0.106. The Morgan fingerprint density at radius 2 is 1.63 bits per heavy atom. The molecule has 0 bridgehead atoms. The lowest BCUT2D eigenvalue weighted by Crippen LogP contribution is -2.45. The van der Waals surface area contributed by atoms with E-state index in [1.165, 1.54) is 24.3 Å². The van der Waals surface area contributed by atoms with Crippen molar-refractivity contribution in [3.63, 3.8) is 0 Å². The minimum Gasteiger partial charge on any atom is -0.461 e. The monoisotopic (exact) mass is 512 g/mol. The second-order valence-corrected chi connectivity index (χ2v) is 10.2. The summed E-state index contributed by atoms with van der Waals surface area (Å²) >= 11 is 0. The number of piperidine rings is 1. The topological polar surface area (TPSA) is 74.2 Å². The van der Waals surface area contributed by atoms with Crippen molar-refractivity contribution < 1.29 is 18.7 Å². The molecule has 7 nitrogen and oxygen atoms in total. The van der Waals surface area contributed by atoms with Gasteiger partial charge in [-0.25, -0.2) is 9.40 Å². The number of amides is 1. The molecule has 2 unspecified atom stereocenters. The number of carbonyl (C=O) groups excluding carboxylic acids is 2. The average Bonchev–Trinajstić information content (AvgIpc) is 3.40. The highest BCUT2D eigenvalue weighted by Gasteiger charge is 2.43. The third-order valence-electron chi connectivity index (χ3n) is 7.59. The lowest BCUT2D eigenvalue weighted by Gasteiger charge is -2.37. The van der Waals surface area contributed by atoms with Gasteiger partial charge in [0.15, 0.2) is 0 Å². The number of ether oxygens (including phenoxy) is 1. The van der Waals surface area contributed by atoms with Crippen LogP contribution in [0.15, 0.2) is 77.9 Å². The molecule has 1 saturated heterocycles. The number of rotatable bonds is 5. The Labute approximate surface area is 220 Å². The predicted molar refractivity (Wildman–Crippen MR) is 142 cm³/mol. The van der Waals surface area contributed by atoms with Gasteiger partial charge in [0.2, 0.25) is 5.78 Å². The fraction of sp³-hybridized carbons (Fsp3) is 0.300. The molecule has 0 aliphatic carbocycles. The molecule has 3 aromatic carbocycles. The van der Waals surface area contributed by atoms with Crippen molar-refractivity contribution in [1.29, 1.82) is 0 Å². The number of ketones is 1. The van der Waals surface area contributed by atoms with Crippen molar-refractivity contribution in [2.45, 2.75) is 37.6 Å². The van der Waals surface area contributed by atoms with E-state index in [0.717, 1.165) is 42.8 Å². The van der Waals surface area contributed by atoms with Gasteiger partial charge in [-0.3, -0.25) is 9.59 Å². The van der Waals surface area contributed by atoms with Gasteiger partial charge in [-0.1, -0.05) is 30.3 Å². The van der Waals surface area contributed by atoms with Crippen LogP contribution in [-0.2, 0) is 0 Å². The molecule has 0 radical (unpaired) electrons. The highest BCUT2D eigenvalue weighted by Crippen LogP contribution is 2.43. The van der Waals surface area contributed by atoms with Crippen LogP contribution in [-0.4, -0.2) is 59.7 Å². The number of carbonyl (C=O) groups is 2. The van der Waals surface area contributed by atoms with Gasteiger partial charge >= 0.3 is 0 Å². The quantitative estimate of drug-likeness (QED) is 0.513. The van der Waals surface area contributed by atoms with Crippen molar-refractivity contribution in [1.82, 2.24) is 15.2 Å². The van der Waals surface area contributed by atoms with Gasteiger partial charge < -0.3 is 15.0 Å². The van der Waals surface area contributed by atoms with Crippen molar-refractivity contribution in [3.05, 3.63) is 101 Å². The van der Waals surface area contributed by atoms with Crippen LogP contribution < -0.4 is 10.1 Å². The van der Waals surface area contributed by atoms with Crippen LogP contribution in [0.5, 0.6) is 5.75 Å². The zero-order chi connectivity index (χ0) is 26.2. The Kier molecular flexibility index (Phi) is 6.41. The van der Waals surface area contributed by atoms with Crippen LogP contribution in [0, 0.1) is 5.82 Å². The van der Waals surface area contributed by atoms with E-state index >= 15 is 0 Å². The van der Waals surface area contributed by atoms with Gasteiger partial charge in [0.1, 0.15) is 11.6 Å². The van der Waals surface area contributed by atoms with Crippen LogP contribution in [0.4, 0.5) is 4.39 Å². The highest BCUT2D eigenvalue weighted by molar-refractivity contribution is 6.04. The second kappa shape index (κ2) is 10.0. The lowest BCUT2D eigenvalue weighted by atomic mass is 9.95. The summed E-state index contributed by atoms with van der Waals surface area (Å²) in [5.41, 5.74) is 3.64. The largest absolute Gasteiger partial charge is 0.461 e. The Hall–Kier alpha value is -4.04. The standard InChI is InChI=1S/C30H29FN4O3/c1-34-16-14-23(15-17-34)32-29(37)21-8-6-19(7-9-21)25-18-26-24-4-2-3-5-27(24)38-30(35(26)33-25)28(36)20-10-12-22(31)13-11-20/h2-13,23,26,30H,14-18H2,1H3,(H,32,37). The van der Waals surface area contributed by atoms with Crippen LogP contribution in [0.2, 0.25) is 0 Å². The summed E-state index contributed by atoms with van der Waals surface area (Å²) in [6.07, 6.45) is 1.54. The highest BCUT2D eigenvalue weighted by atomic mass is 19.1. The minimum atomic E-state index is -0.961. The molecule has 38 heavy (non-hydrogen) atoms. The molecule has 3 heterocycles. The second-order valence-electron chi connectivity index (χ2n) is 10.2. The molecule has 0 aromatic heterocycles. The summed E-state index contributed by atoms with van der Waals surface area (Å²) in [5, 5.41) is 9.69. The molecule has 0 saturated carbocycles. The molecule has 8 heteroatoms. The maximum absolute atomic E-state index is 13.5. The van der Waals surface area contributed by atoms with E-state index in [2.05, 4.69) is 17.3 Å². The molecule has 0 spiro atoms. The van der Waals surface area contributed by atoms with Crippen molar-refractivity contribution in [2.75, 3.05) is 20.1 Å². The van der Waals surface area contributed by atoms with Gasteiger partial charge in [0, 0.05) is 29.2 Å². The van der Waals surface area contributed by atoms with E-state index in [0.29, 0.717) is 23.3 Å². The van der Waals surface area contributed by atoms with Crippen LogP contribution >= 0.6 is 0 Å². The maximum Gasteiger partial charge on any atom is 0.251 e. The lowest BCUT2D eigenvalue weighted by molar-refractivity contribution is -0.00456. The third-order valence-corrected chi connectivity index (χ3v) is 7.59. The Balaban J connectivity index is 1.23. The fourth-order valence-corrected chi connectivity index (χ4v) is 5.37. The fourth-order valence-electron chi connectivity index (χ4n) is 5.37. The number of benzene rings is 3. The summed E-state index contributed by atoms with van der Waals surface area (Å²) in [7, 11) is 2.10. The zero-order valence-electron chi connectivity index (χ0n) is 21.1. The number of nitrogens with one attached hydrogen (secondary N) is 1. The van der Waals surface area contributed by atoms with Gasteiger partial charge in [0.25, 0.3) is 12.1 Å². The predicted octanol–water partition coefficient (Wildman–Crippen LogP) is 4.40. The van der Waals surface area contributed by atoms with E-state index < -0.39 is 12.0 Å². The Bertz CT molecular complexity index is 1380. The molecular formula is C30H29FN4O3. The summed E-state index contributed by atoms with van der Waals surface area (Å²) < 4.78 is 19.6. The SMILES string of the molecule is CN1CCC(NC(=O)c2ccc(C3=NN4C(C(=O)c5ccc(F)cc5)Oc5ccccc5C4C3)cc2)CC1. The van der Waals surface area contributed by atoms with Crippen molar-refractivity contribution in [3.8, 4) is 5.75 Å². The number of para-hydroxylation sites is 1. The molecular weight excluding hydrogens is 483 g/mol. The van der Waals surface area contributed by atoms with Crippen LogP contribution in [0.3, 0.4) is 0 Å². The van der Waals surface area contributed by atoms with Gasteiger partial charge in [-0.2, -0.15) is 5.10 Å². The molecule has 6 rings (SSSR count). The molecule has 3 aliphatic rings. The van der Waals surface area contributed by atoms with E-state index in [9.17, 15) is 14.0 Å². The van der Waals surface area contributed by atoms with E-state index in [4.69, 9.17) is 9.84 Å². The van der Waals surface area contributed by atoms with E-state index in [-0.39, 0.29) is 23.8 Å². The molecule has 3 aliphatic heterocycles. The number of hydrazone groups is 1. The first-order chi connectivity index (χ1) is 18.5. The third kappa shape index (κ3) is 4.67. The summed E-state index contributed by atoms with van der Waals surface area (Å²) in [6, 6.07) is 20.6. The Morgan fingerprint density at radius 1 is 0.947 bits per heavy atom. The average molecular weight is 513 g/mol. The van der Waals surface area contributed by atoms with Gasteiger partial charge in [0.05, 0.1) is 11.8 Å². The summed E-state index contributed by atoms with van der Waals surface area (Å²) in [4.78, 5) is 28.5. The maximum atomic E-state index is 13.5. The molecule has 194 valence electrons. The zero-order valence-corrected chi connectivity index (χ0v) is 21.1. The number of Topliss-reactive ketones (excluding diaryl/α,β-unsaturated/α-hetero) is 1. The van der Waals surface area contributed by atoms with Crippen LogP contribution in [0.25, 0.3) is 0 Å². The van der Waals surface area contributed by atoms with Gasteiger partial charge in [-0.05, 0) is 81.0 Å². The molecule has 1 amide bonds. The number of halogens is 1. The number of likely N-dealkylation sites (tertiary alicyclic amines) is 1. The molecule has 1 fully saturated rings. The number of fused-ring (bicyclic) bond motifs is 3. The molecule has 1 N–H and O–H groups in total. The first-order valence-corrected chi connectivity index (χ1v) is 13.0. The summed E-state index contributed by atoms with van der Waals surface area (Å²) in [6.45, 7) is 1.97. The van der Waals surface area contributed by atoms with Gasteiger partial charge in [-0.15, -0.1) is 0 Å². The Morgan fingerprint density at radius 3 is 2.37 bits per heavy atom. The molecule has 2 atom stereocenters. The van der Waals surface area contributed by atoms with Crippen LogP contribution in [0.1, 0.15) is 57.1 Å². The van der Waals surface area contributed by atoms with E-state index in [1.54, 1.807) is 5.01 Å². The first-order valence-electron chi connectivity index (χ1n) is 13.0. The van der Waals surface area contributed by atoms with E-state index in [1.807, 2.05) is 48.5 Å². The minimum absolute atomic E-state index is 0.0656. The normalized spacial score (nSPS) is 21.2.